The van der Waals surface area contributed by atoms with Crippen LogP contribution in [-0.4, -0.2) is 45.5 Å². The Labute approximate surface area is 150 Å². The monoisotopic (exact) mass is 360 g/mol. The van der Waals surface area contributed by atoms with E-state index in [9.17, 15) is 9.59 Å². The molecule has 6 nitrogen and oxygen atoms in total. The highest BCUT2D eigenvalue weighted by Gasteiger charge is 2.32. The predicted octanol–water partition coefficient (Wildman–Crippen LogP) is 1.76. The summed E-state index contributed by atoms with van der Waals surface area (Å²) in [5, 5.41) is 3.71. The summed E-state index contributed by atoms with van der Waals surface area (Å²) in [6.45, 7) is 4.24. The van der Waals surface area contributed by atoms with Gasteiger partial charge in [-0.3, -0.25) is 14.2 Å². The molecule has 134 valence electrons. The second-order valence-corrected chi connectivity index (χ2v) is 8.19. The van der Waals surface area contributed by atoms with E-state index in [0.717, 1.165) is 48.1 Å². The Kier molecular flexibility index (Phi) is 4.60. The van der Waals surface area contributed by atoms with E-state index >= 15 is 0 Å². The molecule has 25 heavy (non-hydrogen) atoms. The molecule has 1 saturated heterocycles. The van der Waals surface area contributed by atoms with Crippen LogP contribution in [0.25, 0.3) is 10.2 Å². The van der Waals surface area contributed by atoms with Crippen molar-refractivity contribution < 1.29 is 4.79 Å². The molecule has 4 rings (SSSR count). The molecule has 0 unspecified atom stereocenters. The van der Waals surface area contributed by atoms with Gasteiger partial charge < -0.3 is 10.2 Å². The SMILES string of the molecule is CCc1cc2c(=O)n(CC(=O)NC3CCN(C4CC4)CC3)cnc2s1. The smallest absolute Gasteiger partial charge is 0.262 e. The molecule has 0 bridgehead atoms. The fourth-order valence-corrected chi connectivity index (χ4v) is 4.50. The zero-order valence-corrected chi connectivity index (χ0v) is 15.3. The molecule has 0 spiro atoms. The maximum atomic E-state index is 12.6. The minimum Gasteiger partial charge on any atom is -0.352 e. The average molecular weight is 360 g/mol. The molecule has 1 aliphatic heterocycles. The van der Waals surface area contributed by atoms with Crippen molar-refractivity contribution in [3.8, 4) is 0 Å². The molecule has 0 atom stereocenters. The van der Waals surface area contributed by atoms with Crippen molar-refractivity contribution in [3.05, 3.63) is 27.6 Å². The summed E-state index contributed by atoms with van der Waals surface area (Å²) in [4.78, 5) is 33.7. The van der Waals surface area contributed by atoms with E-state index in [1.54, 1.807) is 11.3 Å². The number of carbonyl (C=O) groups excluding carboxylic acids is 1. The summed E-state index contributed by atoms with van der Waals surface area (Å²) in [6.07, 6.45) is 7.05. The van der Waals surface area contributed by atoms with Crippen LogP contribution in [0.5, 0.6) is 0 Å². The molecule has 2 aliphatic rings. The Hall–Kier alpha value is -1.73. The van der Waals surface area contributed by atoms with Gasteiger partial charge in [0.15, 0.2) is 0 Å². The third-order valence-corrected chi connectivity index (χ3v) is 6.38. The predicted molar refractivity (Wildman–Crippen MR) is 99.0 cm³/mol. The van der Waals surface area contributed by atoms with Gasteiger partial charge in [0.1, 0.15) is 11.4 Å². The molecular weight excluding hydrogens is 336 g/mol. The topological polar surface area (TPSA) is 67.2 Å². The number of thiophene rings is 1. The van der Waals surface area contributed by atoms with Crippen LogP contribution in [-0.2, 0) is 17.8 Å². The lowest BCUT2D eigenvalue weighted by atomic mass is 10.0. The number of amides is 1. The van der Waals surface area contributed by atoms with E-state index < -0.39 is 0 Å². The van der Waals surface area contributed by atoms with Gasteiger partial charge in [-0.05, 0) is 38.2 Å². The number of rotatable bonds is 5. The van der Waals surface area contributed by atoms with Crippen LogP contribution in [0.15, 0.2) is 17.2 Å². The van der Waals surface area contributed by atoms with Gasteiger partial charge in [-0.2, -0.15) is 0 Å². The molecule has 1 amide bonds. The van der Waals surface area contributed by atoms with Crippen molar-refractivity contribution in [2.75, 3.05) is 13.1 Å². The van der Waals surface area contributed by atoms with E-state index in [0.29, 0.717) is 5.39 Å². The van der Waals surface area contributed by atoms with Gasteiger partial charge in [0.25, 0.3) is 5.56 Å². The fourth-order valence-electron chi connectivity index (χ4n) is 3.57. The molecule has 1 N–H and O–H groups in total. The maximum Gasteiger partial charge on any atom is 0.262 e. The molecule has 0 radical (unpaired) electrons. The highest BCUT2D eigenvalue weighted by molar-refractivity contribution is 7.18. The summed E-state index contributed by atoms with van der Waals surface area (Å²) in [7, 11) is 0. The van der Waals surface area contributed by atoms with Crippen molar-refractivity contribution in [2.45, 2.75) is 57.7 Å². The number of aromatic nitrogens is 2. The van der Waals surface area contributed by atoms with Gasteiger partial charge in [-0.25, -0.2) is 4.98 Å². The van der Waals surface area contributed by atoms with Crippen molar-refractivity contribution in [1.82, 2.24) is 19.8 Å². The summed E-state index contributed by atoms with van der Waals surface area (Å²) in [5.41, 5.74) is -0.125. The summed E-state index contributed by atoms with van der Waals surface area (Å²) in [5.74, 6) is -0.0981. The second kappa shape index (κ2) is 6.88. The van der Waals surface area contributed by atoms with E-state index in [1.807, 2.05) is 6.07 Å². The van der Waals surface area contributed by atoms with Crippen molar-refractivity contribution in [3.63, 3.8) is 0 Å². The first-order valence-corrected chi connectivity index (χ1v) is 9.97. The number of hydrogen-bond acceptors (Lipinski definition) is 5. The van der Waals surface area contributed by atoms with E-state index in [2.05, 4.69) is 22.1 Å². The summed E-state index contributed by atoms with van der Waals surface area (Å²) in [6, 6.07) is 2.92. The standard InChI is InChI=1S/C18H24N4O2S/c1-2-14-9-15-17(25-14)19-11-22(18(15)24)10-16(23)20-12-5-7-21(8-6-12)13-3-4-13/h9,11-13H,2-8,10H2,1H3,(H,20,23). The molecule has 0 aromatic carbocycles. The molecular formula is C18H24N4O2S. The van der Waals surface area contributed by atoms with Crippen LogP contribution in [0, 0.1) is 0 Å². The molecule has 2 aromatic heterocycles. The average Bonchev–Trinajstić information content (AvgIpc) is 3.37. The number of nitrogens with one attached hydrogen (secondary N) is 1. The Bertz CT molecular complexity index is 831. The van der Waals surface area contributed by atoms with E-state index in [4.69, 9.17) is 0 Å². The lowest BCUT2D eigenvalue weighted by Crippen LogP contribution is -2.46. The van der Waals surface area contributed by atoms with Gasteiger partial charge in [0.05, 0.1) is 11.7 Å². The Balaban J connectivity index is 1.38. The second-order valence-electron chi connectivity index (χ2n) is 7.07. The first kappa shape index (κ1) is 16.7. The van der Waals surface area contributed by atoms with Crippen LogP contribution in [0.2, 0.25) is 0 Å². The Morgan fingerprint density at radius 2 is 2.08 bits per heavy atom. The highest BCUT2D eigenvalue weighted by atomic mass is 32.1. The molecule has 1 saturated carbocycles. The Morgan fingerprint density at radius 1 is 1.32 bits per heavy atom. The maximum absolute atomic E-state index is 12.6. The number of fused-ring (bicyclic) bond motifs is 1. The van der Waals surface area contributed by atoms with Gasteiger partial charge in [-0.1, -0.05) is 6.92 Å². The first-order chi connectivity index (χ1) is 12.1. The van der Waals surface area contributed by atoms with Gasteiger partial charge in [-0.15, -0.1) is 11.3 Å². The van der Waals surface area contributed by atoms with Crippen LogP contribution in [0.3, 0.4) is 0 Å². The number of likely N-dealkylation sites (tertiary alicyclic amines) is 1. The largest absolute Gasteiger partial charge is 0.352 e. The minimum atomic E-state index is -0.125. The zero-order valence-electron chi connectivity index (χ0n) is 14.5. The van der Waals surface area contributed by atoms with Crippen LogP contribution < -0.4 is 10.9 Å². The number of nitrogens with zero attached hydrogens (tertiary/aromatic N) is 3. The third kappa shape index (κ3) is 3.62. The third-order valence-electron chi connectivity index (χ3n) is 5.19. The number of carbonyl (C=O) groups is 1. The quantitative estimate of drug-likeness (QED) is 0.882. The summed E-state index contributed by atoms with van der Waals surface area (Å²) < 4.78 is 1.42. The van der Waals surface area contributed by atoms with Crippen LogP contribution in [0.4, 0.5) is 0 Å². The van der Waals surface area contributed by atoms with E-state index in [-0.39, 0.29) is 24.1 Å². The number of aryl methyl sites for hydroxylation is 1. The first-order valence-electron chi connectivity index (χ1n) is 9.15. The molecule has 2 fully saturated rings. The fraction of sp³-hybridized carbons (Fsp3) is 0.611. The van der Waals surface area contributed by atoms with Crippen molar-refractivity contribution >= 4 is 27.5 Å². The highest BCUT2D eigenvalue weighted by Crippen LogP contribution is 2.29. The van der Waals surface area contributed by atoms with E-state index in [1.165, 1.54) is 23.7 Å². The Morgan fingerprint density at radius 3 is 2.76 bits per heavy atom. The van der Waals surface area contributed by atoms with Crippen molar-refractivity contribution in [2.24, 2.45) is 0 Å². The molecule has 3 heterocycles. The number of piperidine rings is 1. The van der Waals surface area contributed by atoms with Crippen LogP contribution >= 0.6 is 11.3 Å². The lowest BCUT2D eigenvalue weighted by molar-refractivity contribution is -0.122. The molecule has 1 aliphatic carbocycles. The summed E-state index contributed by atoms with van der Waals surface area (Å²) >= 11 is 1.55. The van der Waals surface area contributed by atoms with Gasteiger partial charge in [0.2, 0.25) is 5.91 Å². The van der Waals surface area contributed by atoms with Gasteiger partial charge >= 0.3 is 0 Å². The normalized spacial score (nSPS) is 19.4. The van der Waals surface area contributed by atoms with Crippen molar-refractivity contribution in [1.29, 1.82) is 0 Å². The molecule has 2 aromatic rings. The zero-order chi connectivity index (χ0) is 17.4. The van der Waals surface area contributed by atoms with Gasteiger partial charge in [0, 0.05) is 30.1 Å². The van der Waals surface area contributed by atoms with Crippen LogP contribution in [0.1, 0.15) is 37.5 Å². The minimum absolute atomic E-state index is 0.0436. The number of hydrogen-bond donors (Lipinski definition) is 1. The molecule has 7 heteroatoms. The lowest BCUT2D eigenvalue weighted by Gasteiger charge is -2.32.